The molecule has 0 bridgehead atoms. The third-order valence-electron chi connectivity index (χ3n) is 4.29. The Morgan fingerprint density at radius 2 is 1.84 bits per heavy atom. The van der Waals surface area contributed by atoms with E-state index < -0.39 is 0 Å². The SMILES string of the molecule is CCOC(=O)CSC1=NC(=Cc2ccccc2OC)C(=O)N1c1ccc(OCC)cc1. The van der Waals surface area contributed by atoms with Gasteiger partial charge in [0.1, 0.15) is 17.2 Å². The highest BCUT2D eigenvalue weighted by Crippen LogP contribution is 2.31. The lowest BCUT2D eigenvalue weighted by atomic mass is 10.1. The molecule has 0 saturated carbocycles. The highest BCUT2D eigenvalue weighted by atomic mass is 32.2. The van der Waals surface area contributed by atoms with Crippen LogP contribution in [0.3, 0.4) is 0 Å². The monoisotopic (exact) mass is 440 g/mol. The molecule has 0 saturated heterocycles. The zero-order valence-corrected chi connectivity index (χ0v) is 18.5. The number of nitrogens with zero attached hydrogens (tertiary/aromatic N) is 2. The van der Waals surface area contributed by atoms with Gasteiger partial charge >= 0.3 is 5.97 Å². The summed E-state index contributed by atoms with van der Waals surface area (Å²) < 4.78 is 15.9. The number of ether oxygens (including phenoxy) is 3. The highest BCUT2D eigenvalue weighted by molar-refractivity contribution is 8.14. The predicted octanol–water partition coefficient (Wildman–Crippen LogP) is 4.13. The van der Waals surface area contributed by atoms with E-state index in [9.17, 15) is 9.59 Å². The van der Waals surface area contributed by atoms with Gasteiger partial charge < -0.3 is 14.2 Å². The molecule has 31 heavy (non-hydrogen) atoms. The van der Waals surface area contributed by atoms with Gasteiger partial charge in [-0.25, -0.2) is 4.99 Å². The summed E-state index contributed by atoms with van der Waals surface area (Å²) in [5, 5.41) is 0.406. The number of anilines is 1. The molecule has 8 heteroatoms. The Hall–Kier alpha value is -3.26. The molecule has 0 atom stereocenters. The van der Waals surface area contributed by atoms with Crippen molar-refractivity contribution in [2.75, 3.05) is 31.0 Å². The Morgan fingerprint density at radius 3 is 2.52 bits per heavy atom. The summed E-state index contributed by atoms with van der Waals surface area (Å²) in [6.45, 7) is 4.51. The topological polar surface area (TPSA) is 77.4 Å². The van der Waals surface area contributed by atoms with E-state index in [1.54, 1.807) is 44.4 Å². The summed E-state index contributed by atoms with van der Waals surface area (Å²) >= 11 is 1.15. The summed E-state index contributed by atoms with van der Waals surface area (Å²) in [5.74, 6) is 0.742. The minimum atomic E-state index is -0.364. The lowest BCUT2D eigenvalue weighted by Crippen LogP contribution is -2.31. The van der Waals surface area contributed by atoms with Crippen molar-refractivity contribution in [1.82, 2.24) is 0 Å². The van der Waals surface area contributed by atoms with Crippen molar-refractivity contribution in [2.45, 2.75) is 13.8 Å². The van der Waals surface area contributed by atoms with E-state index in [1.165, 1.54) is 4.90 Å². The van der Waals surface area contributed by atoms with Crippen molar-refractivity contribution in [2.24, 2.45) is 4.99 Å². The first-order valence-electron chi connectivity index (χ1n) is 9.86. The second kappa shape index (κ2) is 10.7. The molecule has 1 heterocycles. The Morgan fingerprint density at radius 1 is 1.10 bits per heavy atom. The third kappa shape index (κ3) is 5.46. The number of hydrogen-bond donors (Lipinski definition) is 0. The molecule has 0 fully saturated rings. The van der Waals surface area contributed by atoms with Crippen LogP contribution in [0, 0.1) is 0 Å². The Labute approximate surface area is 185 Å². The summed E-state index contributed by atoms with van der Waals surface area (Å²) in [4.78, 5) is 31.1. The van der Waals surface area contributed by atoms with Gasteiger partial charge in [0.15, 0.2) is 5.17 Å². The molecule has 1 aliphatic heterocycles. The van der Waals surface area contributed by atoms with Gasteiger partial charge in [0.2, 0.25) is 0 Å². The molecular weight excluding hydrogens is 416 g/mol. The molecule has 0 N–H and O–H groups in total. The molecular formula is C23H24N2O5S. The van der Waals surface area contributed by atoms with Gasteiger partial charge in [-0.3, -0.25) is 14.5 Å². The molecule has 1 aliphatic rings. The number of aliphatic imine (C=N–C) groups is 1. The Balaban J connectivity index is 1.94. The fourth-order valence-electron chi connectivity index (χ4n) is 2.94. The van der Waals surface area contributed by atoms with Crippen LogP contribution in [0.1, 0.15) is 19.4 Å². The van der Waals surface area contributed by atoms with Crippen LogP contribution in [-0.2, 0) is 14.3 Å². The molecule has 0 radical (unpaired) electrons. The maximum atomic E-state index is 13.2. The number of carbonyl (C=O) groups excluding carboxylic acids is 2. The van der Waals surface area contributed by atoms with Crippen LogP contribution in [0.15, 0.2) is 59.2 Å². The van der Waals surface area contributed by atoms with Crippen LogP contribution in [0.5, 0.6) is 11.5 Å². The molecule has 162 valence electrons. The summed E-state index contributed by atoms with van der Waals surface area (Å²) in [6, 6.07) is 14.5. The Bertz CT molecular complexity index is 1000. The molecule has 1 amide bonds. The van der Waals surface area contributed by atoms with Crippen LogP contribution in [0.2, 0.25) is 0 Å². The number of amidine groups is 1. The first-order valence-corrected chi connectivity index (χ1v) is 10.8. The maximum Gasteiger partial charge on any atom is 0.316 e. The van der Waals surface area contributed by atoms with Gasteiger partial charge in [-0.15, -0.1) is 0 Å². The summed E-state index contributed by atoms with van der Waals surface area (Å²) in [6.07, 6.45) is 1.68. The van der Waals surface area contributed by atoms with Crippen molar-refractivity contribution in [3.63, 3.8) is 0 Å². The molecule has 3 rings (SSSR count). The predicted molar refractivity (Wildman–Crippen MR) is 123 cm³/mol. The van der Waals surface area contributed by atoms with Crippen molar-refractivity contribution >= 4 is 40.6 Å². The maximum absolute atomic E-state index is 13.2. The third-order valence-corrected chi connectivity index (χ3v) is 5.20. The van der Waals surface area contributed by atoms with Crippen LogP contribution >= 0.6 is 11.8 Å². The fraction of sp³-hybridized carbons (Fsp3) is 0.261. The molecule has 0 aromatic heterocycles. The highest BCUT2D eigenvalue weighted by Gasteiger charge is 2.32. The van der Waals surface area contributed by atoms with Crippen molar-refractivity contribution in [3.8, 4) is 11.5 Å². The number of benzene rings is 2. The van der Waals surface area contributed by atoms with Crippen molar-refractivity contribution in [1.29, 1.82) is 0 Å². The largest absolute Gasteiger partial charge is 0.496 e. The molecule has 7 nitrogen and oxygen atoms in total. The fourth-order valence-corrected chi connectivity index (χ4v) is 3.75. The summed E-state index contributed by atoms with van der Waals surface area (Å²) in [7, 11) is 1.57. The number of carbonyl (C=O) groups is 2. The number of methoxy groups -OCH3 is 1. The van der Waals surface area contributed by atoms with E-state index in [0.29, 0.717) is 35.6 Å². The molecule has 2 aromatic rings. The standard InChI is InChI=1S/C23H24N2O5S/c1-4-29-18-12-10-17(11-13-18)25-22(27)19(14-16-8-6-7-9-20(16)28-3)24-23(25)31-15-21(26)30-5-2/h6-14H,4-5,15H2,1-3H3. The van der Waals surface area contributed by atoms with Gasteiger partial charge in [-0.05, 0) is 50.3 Å². The van der Waals surface area contributed by atoms with E-state index in [4.69, 9.17) is 14.2 Å². The molecule has 0 unspecified atom stereocenters. The zero-order chi connectivity index (χ0) is 22.2. The smallest absolute Gasteiger partial charge is 0.316 e. The van der Waals surface area contributed by atoms with Crippen LogP contribution in [0.4, 0.5) is 5.69 Å². The zero-order valence-electron chi connectivity index (χ0n) is 17.7. The van der Waals surface area contributed by atoms with E-state index >= 15 is 0 Å². The van der Waals surface area contributed by atoms with Crippen LogP contribution in [0.25, 0.3) is 6.08 Å². The second-order valence-electron chi connectivity index (χ2n) is 6.33. The average Bonchev–Trinajstić information content (AvgIpc) is 3.09. The second-order valence-corrected chi connectivity index (χ2v) is 7.27. The minimum absolute atomic E-state index is 0.0510. The first kappa shape index (κ1) is 22.4. The van der Waals surface area contributed by atoms with Gasteiger partial charge in [-0.2, -0.15) is 0 Å². The normalized spacial score (nSPS) is 14.5. The van der Waals surface area contributed by atoms with Gasteiger partial charge in [0.05, 0.1) is 31.8 Å². The number of hydrogen-bond acceptors (Lipinski definition) is 7. The van der Waals surface area contributed by atoms with Gasteiger partial charge in [0.25, 0.3) is 5.91 Å². The number of para-hydroxylation sites is 1. The Kier molecular flexibility index (Phi) is 7.72. The molecule has 0 spiro atoms. The number of esters is 1. The van der Waals surface area contributed by atoms with E-state index in [1.807, 2.05) is 31.2 Å². The van der Waals surface area contributed by atoms with Crippen molar-refractivity contribution < 1.29 is 23.8 Å². The van der Waals surface area contributed by atoms with E-state index in [-0.39, 0.29) is 23.3 Å². The number of rotatable bonds is 8. The molecule has 0 aliphatic carbocycles. The van der Waals surface area contributed by atoms with Crippen molar-refractivity contribution in [3.05, 3.63) is 59.8 Å². The van der Waals surface area contributed by atoms with Gasteiger partial charge in [0, 0.05) is 5.56 Å². The lowest BCUT2D eigenvalue weighted by Gasteiger charge is -2.18. The van der Waals surface area contributed by atoms with Crippen LogP contribution in [-0.4, -0.2) is 43.1 Å². The number of thioether (sulfide) groups is 1. The van der Waals surface area contributed by atoms with E-state index in [0.717, 1.165) is 17.3 Å². The van der Waals surface area contributed by atoms with Crippen LogP contribution < -0.4 is 14.4 Å². The molecule has 2 aromatic carbocycles. The van der Waals surface area contributed by atoms with Gasteiger partial charge in [-0.1, -0.05) is 30.0 Å². The average molecular weight is 441 g/mol. The quantitative estimate of drug-likeness (QED) is 0.454. The minimum Gasteiger partial charge on any atom is -0.496 e. The first-order chi connectivity index (χ1) is 15.1. The summed E-state index contributed by atoms with van der Waals surface area (Å²) in [5.41, 5.74) is 1.62. The lowest BCUT2D eigenvalue weighted by molar-refractivity contribution is -0.139. The van der Waals surface area contributed by atoms with E-state index in [2.05, 4.69) is 4.99 Å². The number of amides is 1.